The van der Waals surface area contributed by atoms with Gasteiger partial charge in [0.15, 0.2) is 0 Å². The van der Waals surface area contributed by atoms with Gasteiger partial charge in [0.2, 0.25) is 0 Å². The molecule has 2 amide bonds. The summed E-state index contributed by atoms with van der Waals surface area (Å²) in [5.74, 6) is -1.27. The third-order valence-electron chi connectivity index (χ3n) is 1.63. The number of halogens is 3. The minimum Gasteiger partial charge on any atom is -0.480 e. The van der Waals surface area contributed by atoms with Crippen LogP contribution in [0.25, 0.3) is 0 Å². The predicted octanol–water partition coefficient (Wildman–Crippen LogP) is 1.10. The van der Waals surface area contributed by atoms with Crippen molar-refractivity contribution in [3.05, 3.63) is 0 Å². The molecule has 5 nitrogen and oxygen atoms in total. The summed E-state index contributed by atoms with van der Waals surface area (Å²) >= 11 is 0. The molecule has 0 aliphatic carbocycles. The number of hydrogen-bond donors (Lipinski definition) is 3. The number of nitrogens with one attached hydrogen (secondary N) is 2. The summed E-state index contributed by atoms with van der Waals surface area (Å²) in [4.78, 5) is 21.5. The normalized spacial score (nSPS) is 13.0. The number of rotatable bonds is 5. The van der Waals surface area contributed by atoms with Crippen molar-refractivity contribution < 1.29 is 27.9 Å². The van der Waals surface area contributed by atoms with E-state index in [-0.39, 0.29) is 6.42 Å². The molecule has 16 heavy (non-hydrogen) atoms. The van der Waals surface area contributed by atoms with E-state index in [1.807, 2.05) is 5.32 Å². The van der Waals surface area contributed by atoms with Gasteiger partial charge in [0.05, 0.1) is 0 Å². The molecule has 1 unspecified atom stereocenters. The fourth-order valence-corrected chi connectivity index (χ4v) is 0.936. The topological polar surface area (TPSA) is 78.4 Å². The third kappa shape index (κ3) is 6.91. The molecule has 0 aromatic rings. The molecule has 0 aliphatic heterocycles. The Balaban J connectivity index is 4.05. The largest absolute Gasteiger partial charge is 0.480 e. The van der Waals surface area contributed by atoms with Crippen LogP contribution in [0.5, 0.6) is 0 Å². The van der Waals surface area contributed by atoms with E-state index in [1.165, 1.54) is 5.32 Å². The first-order chi connectivity index (χ1) is 7.26. The lowest BCUT2D eigenvalue weighted by atomic mass is 10.2. The molecule has 0 rings (SSSR count). The number of alkyl halides is 3. The molecule has 0 saturated carbocycles. The van der Waals surface area contributed by atoms with Gasteiger partial charge in [-0.2, -0.15) is 13.2 Å². The first kappa shape index (κ1) is 14.5. The summed E-state index contributed by atoms with van der Waals surface area (Å²) in [6.45, 7) is 0.211. The maximum absolute atomic E-state index is 11.7. The highest BCUT2D eigenvalue weighted by atomic mass is 19.4. The summed E-state index contributed by atoms with van der Waals surface area (Å²) < 4.78 is 35.1. The number of hydrogen-bond acceptors (Lipinski definition) is 2. The standard InChI is InChI=1S/C8H13F3N2O3/c1-2-3-5(6(14)15)13-7(16)12-4-8(9,10)11/h5H,2-4H2,1H3,(H,14,15)(H2,12,13,16). The van der Waals surface area contributed by atoms with Gasteiger partial charge in [0, 0.05) is 0 Å². The third-order valence-corrected chi connectivity index (χ3v) is 1.63. The van der Waals surface area contributed by atoms with Crippen molar-refractivity contribution in [1.29, 1.82) is 0 Å². The molecule has 0 radical (unpaired) electrons. The SMILES string of the molecule is CCCC(NC(=O)NCC(F)(F)F)C(=O)O. The second-order valence-corrected chi connectivity index (χ2v) is 3.12. The van der Waals surface area contributed by atoms with E-state index < -0.39 is 30.8 Å². The van der Waals surface area contributed by atoms with Gasteiger partial charge in [-0.1, -0.05) is 13.3 Å². The summed E-state index contributed by atoms with van der Waals surface area (Å²) in [6.07, 6.45) is -3.86. The van der Waals surface area contributed by atoms with E-state index in [4.69, 9.17) is 5.11 Å². The smallest absolute Gasteiger partial charge is 0.405 e. The lowest BCUT2D eigenvalue weighted by Gasteiger charge is -2.14. The van der Waals surface area contributed by atoms with Crippen molar-refractivity contribution in [1.82, 2.24) is 10.6 Å². The van der Waals surface area contributed by atoms with E-state index in [0.29, 0.717) is 6.42 Å². The Morgan fingerprint density at radius 2 is 1.94 bits per heavy atom. The minimum atomic E-state index is -4.51. The first-order valence-electron chi connectivity index (χ1n) is 4.60. The van der Waals surface area contributed by atoms with Crippen LogP contribution in [0.15, 0.2) is 0 Å². The maximum atomic E-state index is 11.7. The second kappa shape index (κ2) is 6.19. The molecule has 0 fully saturated rings. The summed E-state index contributed by atoms with van der Waals surface area (Å²) in [5.41, 5.74) is 0. The van der Waals surface area contributed by atoms with E-state index in [0.717, 1.165) is 0 Å². The average molecular weight is 242 g/mol. The number of carboxylic acids is 1. The van der Waals surface area contributed by atoms with Gasteiger partial charge in [-0.25, -0.2) is 9.59 Å². The first-order valence-corrected chi connectivity index (χ1v) is 4.60. The second-order valence-electron chi connectivity index (χ2n) is 3.12. The van der Waals surface area contributed by atoms with Gasteiger partial charge in [-0.3, -0.25) is 0 Å². The van der Waals surface area contributed by atoms with Crippen molar-refractivity contribution in [3.8, 4) is 0 Å². The van der Waals surface area contributed by atoms with Crippen molar-refractivity contribution in [2.24, 2.45) is 0 Å². The summed E-state index contributed by atoms with van der Waals surface area (Å²) in [6, 6.07) is -2.31. The molecular formula is C8H13F3N2O3. The Morgan fingerprint density at radius 1 is 1.38 bits per heavy atom. The van der Waals surface area contributed by atoms with E-state index >= 15 is 0 Å². The molecule has 0 saturated heterocycles. The summed E-state index contributed by atoms with van der Waals surface area (Å²) in [7, 11) is 0. The van der Waals surface area contributed by atoms with Gasteiger partial charge in [0.25, 0.3) is 0 Å². The van der Waals surface area contributed by atoms with Crippen molar-refractivity contribution in [2.45, 2.75) is 32.0 Å². The van der Waals surface area contributed by atoms with Crippen LogP contribution in [0.2, 0.25) is 0 Å². The van der Waals surface area contributed by atoms with Gasteiger partial charge < -0.3 is 15.7 Å². The average Bonchev–Trinajstić information content (AvgIpc) is 2.13. The van der Waals surface area contributed by atoms with Crippen LogP contribution >= 0.6 is 0 Å². The van der Waals surface area contributed by atoms with Crippen LogP contribution in [0.1, 0.15) is 19.8 Å². The molecule has 94 valence electrons. The molecule has 1 atom stereocenters. The van der Waals surface area contributed by atoms with Crippen molar-refractivity contribution in [2.75, 3.05) is 6.54 Å². The van der Waals surface area contributed by atoms with Crippen LogP contribution in [-0.2, 0) is 4.79 Å². The van der Waals surface area contributed by atoms with Crippen LogP contribution in [0.4, 0.5) is 18.0 Å². The molecular weight excluding hydrogens is 229 g/mol. The Morgan fingerprint density at radius 3 is 2.31 bits per heavy atom. The molecule has 0 aromatic carbocycles. The number of carbonyl (C=O) groups excluding carboxylic acids is 1. The highest BCUT2D eigenvalue weighted by molar-refractivity contribution is 5.82. The quantitative estimate of drug-likeness (QED) is 0.675. The highest BCUT2D eigenvalue weighted by Gasteiger charge is 2.28. The highest BCUT2D eigenvalue weighted by Crippen LogP contribution is 2.11. The predicted molar refractivity (Wildman–Crippen MR) is 48.9 cm³/mol. The van der Waals surface area contributed by atoms with Gasteiger partial charge >= 0.3 is 18.2 Å². The maximum Gasteiger partial charge on any atom is 0.405 e. The van der Waals surface area contributed by atoms with Gasteiger partial charge in [-0.15, -0.1) is 0 Å². The monoisotopic (exact) mass is 242 g/mol. The number of urea groups is 1. The minimum absolute atomic E-state index is 0.161. The Kier molecular flexibility index (Phi) is 5.62. The fourth-order valence-electron chi connectivity index (χ4n) is 0.936. The Bertz CT molecular complexity index is 255. The lowest BCUT2D eigenvalue weighted by Crippen LogP contribution is -2.48. The van der Waals surface area contributed by atoms with E-state index in [1.54, 1.807) is 6.92 Å². The number of amides is 2. The molecule has 0 aromatic heterocycles. The molecule has 0 heterocycles. The zero-order valence-electron chi connectivity index (χ0n) is 8.60. The molecule has 0 aliphatic rings. The van der Waals surface area contributed by atoms with Crippen LogP contribution in [0.3, 0.4) is 0 Å². The molecule has 0 bridgehead atoms. The molecule has 0 spiro atoms. The van der Waals surface area contributed by atoms with E-state index in [9.17, 15) is 22.8 Å². The van der Waals surface area contributed by atoms with Gasteiger partial charge in [-0.05, 0) is 6.42 Å². The Hall–Kier alpha value is -1.47. The van der Waals surface area contributed by atoms with Crippen molar-refractivity contribution in [3.63, 3.8) is 0 Å². The molecule has 3 N–H and O–H groups in total. The summed E-state index contributed by atoms with van der Waals surface area (Å²) in [5, 5.41) is 12.1. The lowest BCUT2D eigenvalue weighted by molar-refractivity contribution is -0.139. The Labute approximate surface area is 90.0 Å². The van der Waals surface area contributed by atoms with Gasteiger partial charge in [0.1, 0.15) is 12.6 Å². The molecule has 8 heteroatoms. The zero-order chi connectivity index (χ0) is 12.8. The van der Waals surface area contributed by atoms with Crippen LogP contribution in [-0.4, -0.2) is 35.9 Å². The zero-order valence-corrected chi connectivity index (χ0v) is 8.60. The fraction of sp³-hybridized carbons (Fsp3) is 0.750. The number of carboxylic acid groups (broad SMARTS) is 1. The van der Waals surface area contributed by atoms with E-state index in [2.05, 4.69) is 0 Å². The number of aliphatic carboxylic acids is 1. The van der Waals surface area contributed by atoms with Crippen molar-refractivity contribution >= 4 is 12.0 Å². The number of carbonyl (C=O) groups is 2. The van der Waals surface area contributed by atoms with Crippen LogP contribution < -0.4 is 10.6 Å². The van der Waals surface area contributed by atoms with Crippen LogP contribution in [0, 0.1) is 0 Å².